The Balaban J connectivity index is 1.83. The summed E-state index contributed by atoms with van der Waals surface area (Å²) < 4.78 is 6.68. The van der Waals surface area contributed by atoms with E-state index >= 15 is 0 Å². The Morgan fingerprint density at radius 2 is 1.65 bits per heavy atom. The normalized spacial score (nSPS) is 10.4. The zero-order valence-electron chi connectivity index (χ0n) is 10.9. The summed E-state index contributed by atoms with van der Waals surface area (Å²) in [5.74, 6) is -0.816. The highest BCUT2D eigenvalue weighted by Crippen LogP contribution is 2.13. The summed E-state index contributed by atoms with van der Waals surface area (Å²) in [5.41, 5.74) is 2.95. The van der Waals surface area contributed by atoms with Crippen molar-refractivity contribution in [2.45, 2.75) is 19.6 Å². The Labute approximate surface area is 126 Å². The van der Waals surface area contributed by atoms with Crippen LogP contribution in [-0.2, 0) is 29.2 Å². The van der Waals surface area contributed by atoms with Gasteiger partial charge < -0.3 is 9.84 Å². The van der Waals surface area contributed by atoms with Gasteiger partial charge in [0.2, 0.25) is 0 Å². The average Bonchev–Trinajstić information content (AvgIpc) is 2.40. The maximum Gasteiger partial charge on any atom is 0.307 e. The number of halogens is 1. The first-order valence-electron chi connectivity index (χ1n) is 6.25. The lowest BCUT2D eigenvalue weighted by Crippen LogP contribution is -2.00. The first kappa shape index (κ1) is 14.8. The van der Waals surface area contributed by atoms with E-state index in [4.69, 9.17) is 9.84 Å². The van der Waals surface area contributed by atoms with Crippen LogP contribution in [-0.4, -0.2) is 11.1 Å². The lowest BCUT2D eigenvalue weighted by molar-refractivity contribution is -0.136. The maximum atomic E-state index is 10.6. The number of hydrogen-bond donors (Lipinski definition) is 1. The van der Waals surface area contributed by atoms with Crippen LogP contribution in [0.2, 0.25) is 0 Å². The molecule has 104 valence electrons. The van der Waals surface area contributed by atoms with Gasteiger partial charge in [-0.15, -0.1) is 0 Å². The van der Waals surface area contributed by atoms with Crippen LogP contribution in [0.4, 0.5) is 0 Å². The number of ether oxygens (including phenoxy) is 1. The van der Waals surface area contributed by atoms with Crippen LogP contribution in [0, 0.1) is 0 Å². The second kappa shape index (κ2) is 7.22. The van der Waals surface area contributed by atoms with Crippen molar-refractivity contribution in [1.82, 2.24) is 0 Å². The summed E-state index contributed by atoms with van der Waals surface area (Å²) in [7, 11) is 0. The molecular weight excluding hydrogens is 320 g/mol. The highest BCUT2D eigenvalue weighted by molar-refractivity contribution is 9.10. The predicted octanol–water partition coefficient (Wildman–Crippen LogP) is 3.79. The van der Waals surface area contributed by atoms with Crippen LogP contribution in [0.3, 0.4) is 0 Å². The van der Waals surface area contributed by atoms with Crippen LogP contribution in [0.1, 0.15) is 16.7 Å². The molecule has 0 unspecified atom stereocenters. The molecule has 2 aromatic carbocycles. The SMILES string of the molecule is O=C(O)Cc1ccc(COCc2cccc(Br)c2)cc1. The van der Waals surface area contributed by atoms with Gasteiger partial charge >= 0.3 is 5.97 Å². The highest BCUT2D eigenvalue weighted by atomic mass is 79.9. The number of benzene rings is 2. The number of carbonyl (C=O) groups is 1. The molecule has 0 heterocycles. The standard InChI is InChI=1S/C16H15BrO3/c17-15-3-1-2-14(8-15)11-20-10-13-6-4-12(5-7-13)9-16(18)19/h1-8H,9-11H2,(H,18,19). The van der Waals surface area contributed by atoms with Crippen LogP contribution < -0.4 is 0 Å². The monoisotopic (exact) mass is 334 g/mol. The fraction of sp³-hybridized carbons (Fsp3) is 0.188. The minimum absolute atomic E-state index is 0.0547. The molecule has 0 aliphatic carbocycles. The molecular formula is C16H15BrO3. The summed E-state index contributed by atoms with van der Waals surface area (Å²) in [6, 6.07) is 15.4. The molecule has 0 aromatic heterocycles. The Kier molecular flexibility index (Phi) is 5.32. The second-order valence-electron chi connectivity index (χ2n) is 4.51. The van der Waals surface area contributed by atoms with Crippen molar-refractivity contribution in [2.24, 2.45) is 0 Å². The highest BCUT2D eigenvalue weighted by Gasteiger charge is 2.01. The molecule has 0 spiro atoms. The van der Waals surface area contributed by atoms with Gasteiger partial charge in [-0.3, -0.25) is 4.79 Å². The van der Waals surface area contributed by atoms with Crippen molar-refractivity contribution in [3.8, 4) is 0 Å². The fourth-order valence-electron chi connectivity index (χ4n) is 1.84. The number of carboxylic acid groups (broad SMARTS) is 1. The van der Waals surface area contributed by atoms with E-state index in [0.717, 1.165) is 21.2 Å². The van der Waals surface area contributed by atoms with Crippen molar-refractivity contribution in [3.05, 3.63) is 69.7 Å². The van der Waals surface area contributed by atoms with E-state index < -0.39 is 5.97 Å². The average molecular weight is 335 g/mol. The first-order chi connectivity index (χ1) is 9.63. The van der Waals surface area contributed by atoms with Gasteiger partial charge in [0, 0.05) is 4.47 Å². The molecule has 2 rings (SSSR count). The number of rotatable bonds is 6. The maximum absolute atomic E-state index is 10.6. The molecule has 3 nitrogen and oxygen atoms in total. The summed E-state index contributed by atoms with van der Waals surface area (Å²) in [4.78, 5) is 10.6. The Bertz CT molecular complexity index is 579. The first-order valence-corrected chi connectivity index (χ1v) is 7.04. The third-order valence-corrected chi connectivity index (χ3v) is 3.30. The minimum atomic E-state index is -0.816. The molecule has 0 saturated carbocycles. The smallest absolute Gasteiger partial charge is 0.307 e. The molecule has 2 aromatic rings. The van der Waals surface area contributed by atoms with Gasteiger partial charge in [-0.1, -0.05) is 52.3 Å². The van der Waals surface area contributed by atoms with E-state index in [-0.39, 0.29) is 6.42 Å². The minimum Gasteiger partial charge on any atom is -0.481 e. The Morgan fingerprint density at radius 1 is 1.00 bits per heavy atom. The second-order valence-corrected chi connectivity index (χ2v) is 5.43. The van der Waals surface area contributed by atoms with Gasteiger partial charge in [-0.2, -0.15) is 0 Å². The third kappa shape index (κ3) is 4.79. The molecule has 4 heteroatoms. The van der Waals surface area contributed by atoms with Gasteiger partial charge in [0.05, 0.1) is 19.6 Å². The van der Waals surface area contributed by atoms with E-state index in [1.165, 1.54) is 0 Å². The summed E-state index contributed by atoms with van der Waals surface area (Å²) in [6.45, 7) is 1.07. The van der Waals surface area contributed by atoms with E-state index in [2.05, 4.69) is 15.9 Å². The lowest BCUT2D eigenvalue weighted by Gasteiger charge is -2.06. The zero-order valence-corrected chi connectivity index (χ0v) is 12.5. The molecule has 0 aliphatic rings. The number of aliphatic carboxylic acids is 1. The molecule has 0 saturated heterocycles. The van der Waals surface area contributed by atoms with Crippen LogP contribution in [0.15, 0.2) is 53.0 Å². The van der Waals surface area contributed by atoms with E-state index in [1.807, 2.05) is 48.5 Å². The number of carboxylic acids is 1. The van der Waals surface area contributed by atoms with Gasteiger partial charge in [-0.25, -0.2) is 0 Å². The van der Waals surface area contributed by atoms with Gasteiger partial charge in [0.15, 0.2) is 0 Å². The Hall–Kier alpha value is -1.65. The zero-order chi connectivity index (χ0) is 14.4. The molecule has 0 radical (unpaired) electrons. The van der Waals surface area contributed by atoms with Crippen molar-refractivity contribution >= 4 is 21.9 Å². The quantitative estimate of drug-likeness (QED) is 0.874. The molecule has 1 N–H and O–H groups in total. The van der Waals surface area contributed by atoms with Crippen LogP contribution in [0.25, 0.3) is 0 Å². The molecule has 0 bridgehead atoms. The van der Waals surface area contributed by atoms with Gasteiger partial charge in [0.1, 0.15) is 0 Å². The Morgan fingerprint density at radius 3 is 2.30 bits per heavy atom. The molecule has 0 amide bonds. The van der Waals surface area contributed by atoms with Crippen molar-refractivity contribution in [3.63, 3.8) is 0 Å². The molecule has 0 aliphatic heterocycles. The summed E-state index contributed by atoms with van der Waals surface area (Å²) in [6.07, 6.45) is 0.0547. The van der Waals surface area contributed by atoms with Crippen LogP contribution >= 0.6 is 15.9 Å². The van der Waals surface area contributed by atoms with Crippen LogP contribution in [0.5, 0.6) is 0 Å². The van der Waals surface area contributed by atoms with E-state index in [9.17, 15) is 4.79 Å². The lowest BCUT2D eigenvalue weighted by atomic mass is 10.1. The van der Waals surface area contributed by atoms with E-state index in [0.29, 0.717) is 13.2 Å². The summed E-state index contributed by atoms with van der Waals surface area (Å²) >= 11 is 3.42. The van der Waals surface area contributed by atoms with Gasteiger partial charge in [0.25, 0.3) is 0 Å². The largest absolute Gasteiger partial charge is 0.481 e. The topological polar surface area (TPSA) is 46.5 Å². The number of hydrogen-bond acceptors (Lipinski definition) is 2. The van der Waals surface area contributed by atoms with Crippen molar-refractivity contribution in [2.75, 3.05) is 0 Å². The van der Waals surface area contributed by atoms with E-state index in [1.54, 1.807) is 0 Å². The predicted molar refractivity (Wildman–Crippen MR) is 80.4 cm³/mol. The third-order valence-electron chi connectivity index (χ3n) is 2.80. The van der Waals surface area contributed by atoms with Gasteiger partial charge in [-0.05, 0) is 28.8 Å². The molecule has 0 atom stereocenters. The fourth-order valence-corrected chi connectivity index (χ4v) is 2.29. The summed E-state index contributed by atoms with van der Waals surface area (Å²) in [5, 5.41) is 8.70. The molecule has 0 fully saturated rings. The van der Waals surface area contributed by atoms with Crippen molar-refractivity contribution in [1.29, 1.82) is 0 Å². The van der Waals surface area contributed by atoms with Crippen molar-refractivity contribution < 1.29 is 14.6 Å². The molecule has 20 heavy (non-hydrogen) atoms.